The van der Waals surface area contributed by atoms with E-state index in [1.165, 1.54) is 11.3 Å². The van der Waals surface area contributed by atoms with Gasteiger partial charge in [0.1, 0.15) is 0 Å². The highest BCUT2D eigenvalue weighted by Crippen LogP contribution is 2.27. The molecule has 1 aromatic rings. The highest BCUT2D eigenvalue weighted by Gasteiger charge is 2.16. The van der Waals surface area contributed by atoms with E-state index in [9.17, 15) is 0 Å². The van der Waals surface area contributed by atoms with E-state index in [2.05, 4.69) is 55.3 Å². The summed E-state index contributed by atoms with van der Waals surface area (Å²) >= 11 is 0. The van der Waals surface area contributed by atoms with Crippen LogP contribution in [0.3, 0.4) is 0 Å². The average Bonchev–Trinajstić information content (AvgIpc) is 2.38. The lowest BCUT2D eigenvalue weighted by Crippen LogP contribution is -2.33. The quantitative estimate of drug-likeness (QED) is 0.780. The SMILES string of the molecule is CNC(C)c1ccccc1N(CCCO)C(C)C. The molecule has 0 aliphatic rings. The molecule has 0 saturated heterocycles. The van der Waals surface area contributed by atoms with Crippen LogP contribution in [0.5, 0.6) is 0 Å². The van der Waals surface area contributed by atoms with Gasteiger partial charge in [0.05, 0.1) is 0 Å². The first-order valence-corrected chi connectivity index (χ1v) is 6.75. The molecule has 0 radical (unpaired) electrons. The number of nitrogens with zero attached hydrogens (tertiary/aromatic N) is 1. The van der Waals surface area contributed by atoms with E-state index in [0.29, 0.717) is 12.1 Å². The van der Waals surface area contributed by atoms with Crippen LogP contribution >= 0.6 is 0 Å². The predicted octanol–water partition coefficient (Wildman–Crippen LogP) is 2.56. The minimum absolute atomic E-state index is 0.243. The second-order valence-corrected chi connectivity index (χ2v) is 4.93. The average molecular weight is 250 g/mol. The Morgan fingerprint density at radius 2 is 1.89 bits per heavy atom. The molecule has 3 nitrogen and oxygen atoms in total. The van der Waals surface area contributed by atoms with E-state index in [1.54, 1.807) is 0 Å². The van der Waals surface area contributed by atoms with Gasteiger partial charge >= 0.3 is 0 Å². The number of rotatable bonds is 7. The molecule has 102 valence electrons. The van der Waals surface area contributed by atoms with E-state index in [-0.39, 0.29) is 6.61 Å². The fourth-order valence-electron chi connectivity index (χ4n) is 2.17. The first kappa shape index (κ1) is 15.0. The Balaban J connectivity index is 3.03. The van der Waals surface area contributed by atoms with Crippen molar-refractivity contribution in [3.8, 4) is 0 Å². The van der Waals surface area contributed by atoms with Crippen molar-refractivity contribution in [2.24, 2.45) is 0 Å². The summed E-state index contributed by atoms with van der Waals surface area (Å²) in [5.41, 5.74) is 2.58. The molecule has 0 aromatic heterocycles. The molecule has 1 aromatic carbocycles. The third kappa shape index (κ3) is 3.72. The van der Waals surface area contributed by atoms with Crippen LogP contribution in [0.15, 0.2) is 24.3 Å². The molecule has 0 aliphatic heterocycles. The molecule has 0 bridgehead atoms. The van der Waals surface area contributed by atoms with Gasteiger partial charge in [-0.15, -0.1) is 0 Å². The first-order chi connectivity index (χ1) is 8.61. The van der Waals surface area contributed by atoms with Gasteiger partial charge in [0.15, 0.2) is 0 Å². The van der Waals surface area contributed by atoms with Gasteiger partial charge in [-0.1, -0.05) is 18.2 Å². The van der Waals surface area contributed by atoms with Crippen LogP contribution in [-0.2, 0) is 0 Å². The van der Waals surface area contributed by atoms with Gasteiger partial charge in [-0.25, -0.2) is 0 Å². The number of hydrogen-bond acceptors (Lipinski definition) is 3. The maximum absolute atomic E-state index is 9.03. The maximum atomic E-state index is 9.03. The Hall–Kier alpha value is -1.06. The normalized spacial score (nSPS) is 12.8. The van der Waals surface area contributed by atoms with Crippen molar-refractivity contribution in [2.75, 3.05) is 25.1 Å². The molecular formula is C15H26N2O. The monoisotopic (exact) mass is 250 g/mol. The number of benzene rings is 1. The molecule has 3 heteroatoms. The van der Waals surface area contributed by atoms with Crippen molar-refractivity contribution in [1.82, 2.24) is 5.32 Å². The summed E-state index contributed by atoms with van der Waals surface area (Å²) in [6.07, 6.45) is 0.806. The second-order valence-electron chi connectivity index (χ2n) is 4.93. The van der Waals surface area contributed by atoms with Crippen molar-refractivity contribution in [2.45, 2.75) is 39.3 Å². The largest absolute Gasteiger partial charge is 0.396 e. The number of hydrogen-bond donors (Lipinski definition) is 2. The molecule has 1 rings (SSSR count). The molecule has 0 heterocycles. The standard InChI is InChI=1S/C15H26N2O/c1-12(2)17(10-7-11-18)15-9-6-5-8-14(15)13(3)16-4/h5-6,8-9,12-13,16,18H,7,10-11H2,1-4H3. The van der Waals surface area contributed by atoms with Crippen LogP contribution in [0.4, 0.5) is 5.69 Å². The molecule has 0 amide bonds. The zero-order valence-electron chi connectivity index (χ0n) is 12.0. The summed E-state index contributed by atoms with van der Waals surface area (Å²) < 4.78 is 0. The molecule has 1 atom stereocenters. The van der Waals surface area contributed by atoms with E-state index in [4.69, 9.17) is 5.11 Å². The lowest BCUT2D eigenvalue weighted by atomic mass is 10.0. The lowest BCUT2D eigenvalue weighted by Gasteiger charge is -2.32. The Bertz CT molecular complexity index is 352. The molecule has 0 saturated carbocycles. The molecule has 18 heavy (non-hydrogen) atoms. The Kier molecular flexibility index (Phi) is 6.16. The van der Waals surface area contributed by atoms with Crippen LogP contribution < -0.4 is 10.2 Å². The van der Waals surface area contributed by atoms with Crippen molar-refractivity contribution in [3.05, 3.63) is 29.8 Å². The summed E-state index contributed by atoms with van der Waals surface area (Å²) in [4.78, 5) is 2.36. The fraction of sp³-hybridized carbons (Fsp3) is 0.600. The van der Waals surface area contributed by atoms with Gasteiger partial charge in [0.2, 0.25) is 0 Å². The fourth-order valence-corrected chi connectivity index (χ4v) is 2.17. The topological polar surface area (TPSA) is 35.5 Å². The van der Waals surface area contributed by atoms with Crippen molar-refractivity contribution in [1.29, 1.82) is 0 Å². The van der Waals surface area contributed by atoms with E-state index in [0.717, 1.165) is 13.0 Å². The van der Waals surface area contributed by atoms with Crippen molar-refractivity contribution in [3.63, 3.8) is 0 Å². The lowest BCUT2D eigenvalue weighted by molar-refractivity contribution is 0.288. The molecule has 0 fully saturated rings. The van der Waals surface area contributed by atoms with Gasteiger partial charge in [-0.05, 0) is 45.9 Å². The zero-order valence-corrected chi connectivity index (χ0v) is 12.0. The smallest absolute Gasteiger partial charge is 0.0447 e. The number of anilines is 1. The third-order valence-corrected chi connectivity index (χ3v) is 3.33. The predicted molar refractivity (Wildman–Crippen MR) is 78.1 cm³/mol. The van der Waals surface area contributed by atoms with E-state index < -0.39 is 0 Å². The van der Waals surface area contributed by atoms with Crippen LogP contribution in [0.2, 0.25) is 0 Å². The molecule has 0 aliphatic carbocycles. The summed E-state index contributed by atoms with van der Waals surface area (Å²) in [5.74, 6) is 0. The number of aliphatic hydroxyl groups excluding tert-OH is 1. The number of nitrogens with one attached hydrogen (secondary N) is 1. The molecule has 0 spiro atoms. The van der Waals surface area contributed by atoms with Gasteiger partial charge in [-0.3, -0.25) is 0 Å². The highest BCUT2D eigenvalue weighted by molar-refractivity contribution is 5.55. The molecule has 1 unspecified atom stereocenters. The summed E-state index contributed by atoms with van der Waals surface area (Å²) in [7, 11) is 1.98. The van der Waals surface area contributed by atoms with Crippen LogP contribution in [0.1, 0.15) is 38.8 Å². The molecular weight excluding hydrogens is 224 g/mol. The van der Waals surface area contributed by atoms with Crippen molar-refractivity contribution >= 4 is 5.69 Å². The Morgan fingerprint density at radius 1 is 1.22 bits per heavy atom. The van der Waals surface area contributed by atoms with Crippen molar-refractivity contribution < 1.29 is 5.11 Å². The number of aliphatic hydroxyl groups is 1. The van der Waals surface area contributed by atoms with E-state index in [1.807, 2.05) is 7.05 Å². The first-order valence-electron chi connectivity index (χ1n) is 6.75. The second kappa shape index (κ2) is 7.39. The van der Waals surface area contributed by atoms with Gasteiger partial charge in [-0.2, -0.15) is 0 Å². The minimum atomic E-state index is 0.243. The van der Waals surface area contributed by atoms with Gasteiger partial charge in [0, 0.05) is 30.9 Å². The van der Waals surface area contributed by atoms with Crippen LogP contribution in [-0.4, -0.2) is 31.3 Å². The number of para-hydroxylation sites is 1. The summed E-state index contributed by atoms with van der Waals surface area (Å²) in [6.45, 7) is 7.69. The van der Waals surface area contributed by atoms with Crippen LogP contribution in [0, 0.1) is 0 Å². The van der Waals surface area contributed by atoms with Gasteiger partial charge < -0.3 is 15.3 Å². The highest BCUT2D eigenvalue weighted by atomic mass is 16.3. The molecule has 2 N–H and O–H groups in total. The Labute approximate surface area is 111 Å². The maximum Gasteiger partial charge on any atom is 0.0447 e. The van der Waals surface area contributed by atoms with Gasteiger partial charge in [0.25, 0.3) is 0 Å². The zero-order chi connectivity index (χ0) is 13.5. The summed E-state index contributed by atoms with van der Waals surface area (Å²) in [6, 6.07) is 9.26. The van der Waals surface area contributed by atoms with Crippen LogP contribution in [0.25, 0.3) is 0 Å². The third-order valence-electron chi connectivity index (χ3n) is 3.33. The minimum Gasteiger partial charge on any atom is -0.396 e. The Morgan fingerprint density at radius 3 is 2.44 bits per heavy atom. The summed E-state index contributed by atoms with van der Waals surface area (Å²) in [5, 5.41) is 12.3. The van der Waals surface area contributed by atoms with E-state index >= 15 is 0 Å².